The second-order valence-corrected chi connectivity index (χ2v) is 7.81. The first-order valence-corrected chi connectivity index (χ1v) is 10.6. The van der Waals surface area contributed by atoms with E-state index in [0.717, 1.165) is 4.90 Å². The summed E-state index contributed by atoms with van der Waals surface area (Å²) in [7, 11) is 0. The van der Waals surface area contributed by atoms with Gasteiger partial charge in [0.2, 0.25) is 0 Å². The van der Waals surface area contributed by atoms with Crippen molar-refractivity contribution in [3.05, 3.63) is 74.0 Å². The van der Waals surface area contributed by atoms with Crippen molar-refractivity contribution in [3.63, 3.8) is 0 Å². The van der Waals surface area contributed by atoms with E-state index in [-0.39, 0.29) is 22.7 Å². The number of carbonyl (C=O) groups is 1. The number of aromatic nitrogens is 3. The number of rotatable bonds is 6. The predicted molar refractivity (Wildman–Crippen MR) is 115 cm³/mol. The molecule has 0 aliphatic heterocycles. The van der Waals surface area contributed by atoms with E-state index in [1.807, 2.05) is 13.2 Å². The molecule has 0 unspecified atom stereocenters. The Kier molecular flexibility index (Phi) is 6.62. The first-order chi connectivity index (χ1) is 13.8. The third-order valence-corrected chi connectivity index (χ3v) is 5.80. The van der Waals surface area contributed by atoms with Crippen LogP contribution in [-0.4, -0.2) is 31.9 Å². The molecule has 0 radical (unpaired) electrons. The number of carboxylic acids is 1. The van der Waals surface area contributed by atoms with E-state index >= 15 is 0 Å². The maximum Gasteiger partial charge on any atom is 0.341 e. The lowest BCUT2D eigenvalue weighted by Gasteiger charge is -2.19. The number of carboxylic acid groups (broad SMARTS) is 1. The van der Waals surface area contributed by atoms with Crippen LogP contribution in [0.2, 0.25) is 10.0 Å². The lowest BCUT2D eigenvalue weighted by Crippen LogP contribution is -2.23. The molecule has 3 rings (SSSR count). The molecule has 0 aliphatic carbocycles. The maximum atomic E-state index is 12.7. The van der Waals surface area contributed by atoms with Gasteiger partial charge in [-0.1, -0.05) is 29.3 Å². The van der Waals surface area contributed by atoms with Crippen molar-refractivity contribution in [2.45, 2.75) is 24.8 Å². The highest BCUT2D eigenvalue weighted by Gasteiger charge is 2.22. The SMILES string of the molecule is CCn1c(Cc2ncc(SC)cn2)cc(=O)c(C(=O)O)c1-c1ccc(Cl)c(Cl)c1. The Morgan fingerprint density at radius 2 is 1.86 bits per heavy atom. The lowest BCUT2D eigenvalue weighted by atomic mass is 10.0. The molecular formula is C20H17Cl2N3O3S. The molecular weight excluding hydrogens is 433 g/mol. The summed E-state index contributed by atoms with van der Waals surface area (Å²) in [6, 6.07) is 6.12. The van der Waals surface area contributed by atoms with Crippen molar-refractivity contribution in [2.24, 2.45) is 0 Å². The molecule has 0 amide bonds. The van der Waals surface area contributed by atoms with Gasteiger partial charge >= 0.3 is 5.97 Å². The second kappa shape index (κ2) is 8.98. The van der Waals surface area contributed by atoms with Crippen LogP contribution in [0, 0.1) is 0 Å². The molecule has 1 aromatic carbocycles. The minimum Gasteiger partial charge on any atom is -0.477 e. The molecule has 29 heavy (non-hydrogen) atoms. The fourth-order valence-corrected chi connectivity index (χ4v) is 3.67. The maximum absolute atomic E-state index is 12.7. The van der Waals surface area contributed by atoms with Crippen LogP contribution in [0.25, 0.3) is 11.3 Å². The number of pyridine rings is 1. The minimum absolute atomic E-state index is 0.275. The molecule has 3 aromatic rings. The molecule has 0 saturated heterocycles. The van der Waals surface area contributed by atoms with Crippen LogP contribution >= 0.6 is 35.0 Å². The Balaban J connectivity index is 2.22. The van der Waals surface area contributed by atoms with Crippen LogP contribution in [0.4, 0.5) is 0 Å². The van der Waals surface area contributed by atoms with Crippen LogP contribution in [0.5, 0.6) is 0 Å². The molecule has 2 aromatic heterocycles. The van der Waals surface area contributed by atoms with Crippen LogP contribution in [0.1, 0.15) is 28.8 Å². The van der Waals surface area contributed by atoms with Gasteiger partial charge in [-0.25, -0.2) is 14.8 Å². The van der Waals surface area contributed by atoms with Gasteiger partial charge in [-0.3, -0.25) is 4.79 Å². The second-order valence-electron chi connectivity index (χ2n) is 6.12. The van der Waals surface area contributed by atoms with E-state index in [9.17, 15) is 14.7 Å². The van der Waals surface area contributed by atoms with Gasteiger partial charge in [-0.2, -0.15) is 0 Å². The van der Waals surface area contributed by atoms with Crippen molar-refractivity contribution >= 4 is 40.9 Å². The normalized spacial score (nSPS) is 10.9. The van der Waals surface area contributed by atoms with Gasteiger partial charge in [0.05, 0.1) is 15.7 Å². The van der Waals surface area contributed by atoms with Gasteiger partial charge in [0.25, 0.3) is 0 Å². The zero-order valence-corrected chi connectivity index (χ0v) is 18.0. The zero-order valence-electron chi connectivity index (χ0n) is 15.6. The van der Waals surface area contributed by atoms with Crippen molar-refractivity contribution in [1.29, 1.82) is 0 Å². The number of aromatic carboxylic acids is 1. The van der Waals surface area contributed by atoms with Gasteiger partial charge in [-0.05, 0) is 25.3 Å². The van der Waals surface area contributed by atoms with Crippen LogP contribution in [-0.2, 0) is 13.0 Å². The summed E-state index contributed by atoms with van der Waals surface area (Å²) in [6.07, 6.45) is 5.65. The number of hydrogen-bond donors (Lipinski definition) is 1. The average Bonchev–Trinajstić information content (AvgIpc) is 2.70. The fourth-order valence-electron chi connectivity index (χ4n) is 3.06. The first kappa shape index (κ1) is 21.4. The van der Waals surface area contributed by atoms with Crippen molar-refractivity contribution < 1.29 is 9.90 Å². The van der Waals surface area contributed by atoms with Crippen molar-refractivity contribution in [3.8, 4) is 11.3 Å². The first-order valence-electron chi connectivity index (χ1n) is 8.66. The van der Waals surface area contributed by atoms with E-state index in [0.29, 0.717) is 28.6 Å². The lowest BCUT2D eigenvalue weighted by molar-refractivity contribution is 0.0695. The number of benzene rings is 1. The Morgan fingerprint density at radius 3 is 2.41 bits per heavy atom. The molecule has 2 heterocycles. The summed E-state index contributed by atoms with van der Waals surface area (Å²) in [4.78, 5) is 34.2. The topological polar surface area (TPSA) is 85.1 Å². The number of hydrogen-bond acceptors (Lipinski definition) is 5. The largest absolute Gasteiger partial charge is 0.477 e. The van der Waals surface area contributed by atoms with Crippen LogP contribution in [0.3, 0.4) is 0 Å². The Bertz CT molecular complexity index is 1130. The highest BCUT2D eigenvalue weighted by Crippen LogP contribution is 2.30. The van der Waals surface area contributed by atoms with Gasteiger partial charge < -0.3 is 9.67 Å². The summed E-state index contributed by atoms with van der Waals surface area (Å²) in [5.74, 6) is -0.766. The van der Waals surface area contributed by atoms with E-state index in [2.05, 4.69) is 9.97 Å². The smallest absolute Gasteiger partial charge is 0.341 e. The summed E-state index contributed by atoms with van der Waals surface area (Å²) in [5.41, 5.74) is 0.491. The number of halogens is 2. The molecule has 150 valence electrons. The van der Waals surface area contributed by atoms with E-state index in [4.69, 9.17) is 23.2 Å². The molecule has 1 N–H and O–H groups in total. The van der Waals surface area contributed by atoms with Crippen LogP contribution < -0.4 is 5.43 Å². The number of nitrogens with zero attached hydrogens (tertiary/aromatic N) is 3. The summed E-state index contributed by atoms with van der Waals surface area (Å²) < 4.78 is 1.77. The molecule has 0 bridgehead atoms. The summed E-state index contributed by atoms with van der Waals surface area (Å²) in [5, 5.41) is 10.3. The quantitative estimate of drug-likeness (QED) is 0.551. The summed E-state index contributed by atoms with van der Waals surface area (Å²) in [6.45, 7) is 2.31. The van der Waals surface area contributed by atoms with Crippen molar-refractivity contribution in [2.75, 3.05) is 6.26 Å². The average molecular weight is 450 g/mol. The van der Waals surface area contributed by atoms with Gasteiger partial charge in [-0.15, -0.1) is 11.8 Å². The molecule has 0 aliphatic rings. The molecule has 9 heteroatoms. The Morgan fingerprint density at radius 1 is 1.17 bits per heavy atom. The monoisotopic (exact) mass is 449 g/mol. The van der Waals surface area contributed by atoms with E-state index < -0.39 is 11.4 Å². The predicted octanol–water partition coefficient (Wildman–Crippen LogP) is 4.64. The highest BCUT2D eigenvalue weighted by atomic mass is 35.5. The molecule has 0 atom stereocenters. The Hall–Kier alpha value is -2.35. The van der Waals surface area contributed by atoms with E-state index in [1.165, 1.54) is 17.8 Å². The van der Waals surface area contributed by atoms with Gasteiger partial charge in [0.1, 0.15) is 11.4 Å². The minimum atomic E-state index is -1.30. The van der Waals surface area contributed by atoms with E-state index in [1.54, 1.807) is 35.2 Å². The molecule has 0 fully saturated rings. The zero-order chi connectivity index (χ0) is 21.1. The van der Waals surface area contributed by atoms with Gasteiger partial charge in [0, 0.05) is 47.6 Å². The summed E-state index contributed by atoms with van der Waals surface area (Å²) >= 11 is 13.7. The standard InChI is InChI=1S/C20H17Cl2N3O3S/c1-3-25-12(8-17-23-9-13(29-2)10-24-17)7-16(26)18(20(27)28)19(25)11-4-5-14(21)15(22)6-11/h4-7,9-10H,3,8H2,1-2H3,(H,27,28). The highest BCUT2D eigenvalue weighted by molar-refractivity contribution is 7.98. The number of thioether (sulfide) groups is 1. The molecule has 0 spiro atoms. The van der Waals surface area contributed by atoms with Crippen molar-refractivity contribution in [1.82, 2.24) is 14.5 Å². The molecule has 0 saturated carbocycles. The third kappa shape index (κ3) is 4.47. The van der Waals surface area contributed by atoms with Gasteiger partial charge in [0.15, 0.2) is 5.43 Å². The molecule has 6 nitrogen and oxygen atoms in total. The fraction of sp³-hybridized carbons (Fsp3) is 0.200. The van der Waals surface area contributed by atoms with Crippen LogP contribution in [0.15, 0.2) is 46.3 Å². The Labute approximate surface area is 181 Å². The third-order valence-electron chi connectivity index (χ3n) is 4.38.